The maximum atomic E-state index is 5.92. The lowest BCUT2D eigenvalue weighted by atomic mass is 10.1. The Morgan fingerprint density at radius 2 is 2.17 bits per heavy atom. The van der Waals surface area contributed by atoms with Crippen LogP contribution in [0.5, 0.6) is 0 Å². The third-order valence-corrected chi connectivity index (χ3v) is 3.16. The Bertz CT molecular complexity index is 433. The lowest BCUT2D eigenvalue weighted by molar-refractivity contribution is -0.0752. The Morgan fingerprint density at radius 1 is 1.44 bits per heavy atom. The highest BCUT2D eigenvalue weighted by Crippen LogP contribution is 2.28. The number of ether oxygens (including phenoxy) is 1. The molecule has 1 fully saturated rings. The summed E-state index contributed by atoms with van der Waals surface area (Å²) >= 11 is 0. The van der Waals surface area contributed by atoms with Gasteiger partial charge in [-0.1, -0.05) is 0 Å². The summed E-state index contributed by atoms with van der Waals surface area (Å²) in [6.07, 6.45) is 1.82. The molecule has 1 saturated heterocycles. The third-order valence-electron chi connectivity index (χ3n) is 3.16. The quantitative estimate of drug-likeness (QED) is 0.868. The van der Waals surface area contributed by atoms with Crippen LogP contribution in [0.2, 0.25) is 0 Å². The monoisotopic (exact) mass is 250 g/mol. The summed E-state index contributed by atoms with van der Waals surface area (Å²) in [5.41, 5.74) is 0.944. The Kier molecular flexibility index (Phi) is 3.43. The number of nitrogens with zero attached hydrogens (tertiary/aromatic N) is 3. The first-order chi connectivity index (χ1) is 8.43. The maximum Gasteiger partial charge on any atom is 0.137 e. The molecule has 5 heteroatoms. The van der Waals surface area contributed by atoms with E-state index in [1.54, 1.807) is 6.33 Å². The van der Waals surface area contributed by atoms with Crippen LogP contribution < -0.4 is 10.2 Å². The van der Waals surface area contributed by atoms with Crippen molar-refractivity contribution in [2.24, 2.45) is 0 Å². The van der Waals surface area contributed by atoms with Crippen LogP contribution in [0.25, 0.3) is 0 Å². The summed E-state index contributed by atoms with van der Waals surface area (Å²) in [6, 6.07) is 0. The lowest BCUT2D eigenvalue weighted by Crippen LogP contribution is -2.52. The first-order valence-corrected chi connectivity index (χ1v) is 6.35. The minimum atomic E-state index is -0.144. The zero-order chi connectivity index (χ0) is 13.3. The van der Waals surface area contributed by atoms with Gasteiger partial charge >= 0.3 is 0 Å². The summed E-state index contributed by atoms with van der Waals surface area (Å²) in [6.45, 7) is 10.1. The summed E-state index contributed by atoms with van der Waals surface area (Å²) < 4.78 is 5.92. The number of nitrogens with one attached hydrogen (secondary N) is 1. The van der Waals surface area contributed by atoms with E-state index in [4.69, 9.17) is 4.74 Å². The smallest absolute Gasteiger partial charge is 0.137 e. The number of rotatable bonds is 2. The zero-order valence-corrected chi connectivity index (χ0v) is 11.8. The standard InChI is InChI=1S/C13H22N4O/c1-9-6-17(7-13(3,4)18-9)12-10(2)11(14-5)15-8-16-12/h8-9H,6-7H2,1-5H3,(H,14,15,16). The highest BCUT2D eigenvalue weighted by atomic mass is 16.5. The van der Waals surface area contributed by atoms with Crippen LogP contribution in [0.3, 0.4) is 0 Å². The number of hydrogen-bond acceptors (Lipinski definition) is 5. The first-order valence-electron chi connectivity index (χ1n) is 6.35. The molecule has 2 heterocycles. The van der Waals surface area contributed by atoms with Crippen LogP contribution in [0.1, 0.15) is 26.3 Å². The van der Waals surface area contributed by atoms with Crippen molar-refractivity contribution in [3.8, 4) is 0 Å². The fourth-order valence-electron chi connectivity index (χ4n) is 2.63. The van der Waals surface area contributed by atoms with Gasteiger partial charge in [0.05, 0.1) is 11.7 Å². The summed E-state index contributed by atoms with van der Waals surface area (Å²) in [7, 11) is 1.88. The number of hydrogen-bond donors (Lipinski definition) is 1. The molecule has 1 aromatic rings. The van der Waals surface area contributed by atoms with Crippen molar-refractivity contribution < 1.29 is 4.74 Å². The van der Waals surface area contributed by atoms with Gasteiger partial charge in [0.2, 0.25) is 0 Å². The van der Waals surface area contributed by atoms with Gasteiger partial charge in [0, 0.05) is 25.7 Å². The molecule has 1 atom stereocenters. The molecule has 0 radical (unpaired) electrons. The largest absolute Gasteiger partial charge is 0.373 e. The van der Waals surface area contributed by atoms with Crippen molar-refractivity contribution >= 4 is 11.6 Å². The molecular weight excluding hydrogens is 228 g/mol. The van der Waals surface area contributed by atoms with Crippen LogP contribution in [-0.2, 0) is 4.74 Å². The molecule has 1 aromatic heterocycles. The first kappa shape index (κ1) is 13.1. The number of anilines is 2. The normalized spacial score (nSPS) is 22.9. The minimum absolute atomic E-state index is 0.144. The minimum Gasteiger partial charge on any atom is -0.373 e. The van der Waals surface area contributed by atoms with Crippen LogP contribution in [0.15, 0.2) is 6.33 Å². The second kappa shape index (κ2) is 4.72. The van der Waals surface area contributed by atoms with Crippen LogP contribution in [-0.4, -0.2) is 41.8 Å². The second-order valence-electron chi connectivity index (χ2n) is 5.49. The molecule has 0 saturated carbocycles. The van der Waals surface area contributed by atoms with E-state index >= 15 is 0 Å². The van der Waals surface area contributed by atoms with Crippen LogP contribution >= 0.6 is 0 Å². The molecule has 1 aliphatic rings. The van der Waals surface area contributed by atoms with E-state index < -0.39 is 0 Å². The van der Waals surface area contributed by atoms with Crippen molar-refractivity contribution in [3.63, 3.8) is 0 Å². The van der Waals surface area contributed by atoms with Gasteiger partial charge < -0.3 is 15.0 Å². The van der Waals surface area contributed by atoms with E-state index in [0.717, 1.165) is 30.3 Å². The number of aromatic nitrogens is 2. The van der Waals surface area contributed by atoms with Gasteiger partial charge in [-0.3, -0.25) is 0 Å². The molecular formula is C13H22N4O. The number of morpholine rings is 1. The van der Waals surface area contributed by atoms with Crippen molar-refractivity contribution in [1.29, 1.82) is 0 Å². The molecule has 0 aromatic carbocycles. The van der Waals surface area contributed by atoms with Gasteiger partial charge in [0.15, 0.2) is 0 Å². The summed E-state index contributed by atoms with van der Waals surface area (Å²) in [5, 5.41) is 3.10. The highest BCUT2D eigenvalue weighted by molar-refractivity contribution is 5.58. The fourth-order valence-corrected chi connectivity index (χ4v) is 2.63. The summed E-state index contributed by atoms with van der Waals surface area (Å²) in [5.74, 6) is 1.88. The van der Waals surface area contributed by atoms with E-state index in [2.05, 4.69) is 41.0 Å². The van der Waals surface area contributed by atoms with Crippen molar-refractivity contribution in [1.82, 2.24) is 9.97 Å². The zero-order valence-electron chi connectivity index (χ0n) is 11.8. The molecule has 1 aliphatic heterocycles. The van der Waals surface area contributed by atoms with E-state index in [-0.39, 0.29) is 11.7 Å². The average Bonchev–Trinajstić information content (AvgIpc) is 2.26. The molecule has 18 heavy (non-hydrogen) atoms. The SMILES string of the molecule is CNc1ncnc(N2CC(C)OC(C)(C)C2)c1C. The van der Waals surface area contributed by atoms with Gasteiger partial charge in [0.25, 0.3) is 0 Å². The molecule has 2 rings (SSSR count). The molecule has 0 bridgehead atoms. The van der Waals surface area contributed by atoms with E-state index in [1.807, 2.05) is 14.0 Å². The van der Waals surface area contributed by atoms with Crippen molar-refractivity contribution in [3.05, 3.63) is 11.9 Å². The molecule has 5 nitrogen and oxygen atoms in total. The summed E-state index contributed by atoms with van der Waals surface area (Å²) in [4.78, 5) is 10.9. The maximum absolute atomic E-state index is 5.92. The fraction of sp³-hybridized carbons (Fsp3) is 0.692. The molecule has 1 unspecified atom stereocenters. The molecule has 0 amide bonds. The van der Waals surface area contributed by atoms with E-state index in [0.29, 0.717) is 0 Å². The van der Waals surface area contributed by atoms with Gasteiger partial charge in [-0.15, -0.1) is 0 Å². The van der Waals surface area contributed by atoms with E-state index in [9.17, 15) is 0 Å². The van der Waals surface area contributed by atoms with Crippen molar-refractivity contribution in [2.75, 3.05) is 30.4 Å². The highest BCUT2D eigenvalue weighted by Gasteiger charge is 2.32. The molecule has 0 aliphatic carbocycles. The Hall–Kier alpha value is -1.36. The van der Waals surface area contributed by atoms with Gasteiger partial charge in [-0.2, -0.15) is 0 Å². The Labute approximate surface area is 109 Å². The molecule has 0 spiro atoms. The second-order valence-corrected chi connectivity index (χ2v) is 5.49. The van der Waals surface area contributed by atoms with Gasteiger partial charge in [0.1, 0.15) is 18.0 Å². The predicted octanol–water partition coefficient (Wildman–Crippen LogP) is 1.83. The Balaban J connectivity index is 2.31. The van der Waals surface area contributed by atoms with Gasteiger partial charge in [-0.25, -0.2) is 9.97 Å². The van der Waals surface area contributed by atoms with Crippen LogP contribution in [0, 0.1) is 6.92 Å². The Morgan fingerprint density at radius 3 is 2.78 bits per heavy atom. The lowest BCUT2D eigenvalue weighted by Gasteiger charge is -2.42. The van der Waals surface area contributed by atoms with E-state index in [1.165, 1.54) is 0 Å². The van der Waals surface area contributed by atoms with Crippen molar-refractivity contribution in [2.45, 2.75) is 39.4 Å². The van der Waals surface area contributed by atoms with Crippen LogP contribution in [0.4, 0.5) is 11.6 Å². The topological polar surface area (TPSA) is 50.3 Å². The molecule has 100 valence electrons. The average molecular weight is 250 g/mol. The molecule has 1 N–H and O–H groups in total. The predicted molar refractivity (Wildman–Crippen MR) is 73.2 cm³/mol. The third kappa shape index (κ3) is 2.56. The van der Waals surface area contributed by atoms with Gasteiger partial charge in [-0.05, 0) is 27.7 Å².